The maximum absolute atomic E-state index is 6.06. The van der Waals surface area contributed by atoms with Crippen LogP contribution in [0.25, 0.3) is 33.1 Å². The minimum absolute atomic E-state index is 0.786. The number of benzene rings is 3. The highest BCUT2D eigenvalue weighted by Gasteiger charge is 2.26. The highest BCUT2D eigenvalue weighted by Crippen LogP contribution is 2.42. The Labute approximate surface area is 168 Å². The molecule has 0 saturated heterocycles. The Morgan fingerprint density at radius 1 is 0.862 bits per heavy atom. The van der Waals surface area contributed by atoms with E-state index in [0.29, 0.717) is 0 Å². The molecule has 0 spiro atoms. The molecule has 0 radical (unpaired) electrons. The summed E-state index contributed by atoms with van der Waals surface area (Å²) in [6.45, 7) is 0.786. The Kier molecular flexibility index (Phi) is 3.41. The third-order valence-corrected chi connectivity index (χ3v) is 5.65. The third-order valence-electron chi connectivity index (χ3n) is 5.65. The summed E-state index contributed by atoms with van der Waals surface area (Å²) >= 11 is 0. The Hall–Kier alpha value is -3.79. The van der Waals surface area contributed by atoms with E-state index in [1.807, 2.05) is 36.5 Å². The standard InChI is InChI=1S/C25H19N3O/c1-27-16-28(18-8-3-2-4-9-18)25-21(27)14-17(15-26-25)19-11-7-13-23-24(19)20-10-5-6-12-22(20)29-23/h2-15H,16H2,1H3. The molecule has 1 aliphatic heterocycles. The van der Waals surface area contributed by atoms with Gasteiger partial charge >= 0.3 is 0 Å². The van der Waals surface area contributed by atoms with E-state index in [4.69, 9.17) is 9.40 Å². The van der Waals surface area contributed by atoms with Crippen LogP contribution in [0.5, 0.6) is 0 Å². The van der Waals surface area contributed by atoms with Crippen LogP contribution in [0, 0.1) is 0 Å². The van der Waals surface area contributed by atoms with Gasteiger partial charge in [0.05, 0.1) is 12.4 Å². The molecule has 0 saturated carbocycles. The summed E-state index contributed by atoms with van der Waals surface area (Å²) in [5, 5.41) is 2.28. The van der Waals surface area contributed by atoms with Crippen LogP contribution < -0.4 is 9.80 Å². The zero-order valence-electron chi connectivity index (χ0n) is 16.0. The third kappa shape index (κ3) is 2.42. The van der Waals surface area contributed by atoms with Gasteiger partial charge in [-0.2, -0.15) is 0 Å². The number of para-hydroxylation sites is 2. The molecule has 0 fully saturated rings. The first kappa shape index (κ1) is 16.2. The summed E-state index contributed by atoms with van der Waals surface area (Å²) in [4.78, 5) is 9.35. The Morgan fingerprint density at radius 2 is 1.66 bits per heavy atom. The number of aromatic nitrogens is 1. The number of hydrogen-bond donors (Lipinski definition) is 0. The molecule has 0 amide bonds. The van der Waals surface area contributed by atoms with E-state index < -0.39 is 0 Å². The van der Waals surface area contributed by atoms with Gasteiger partial charge in [0.1, 0.15) is 11.2 Å². The molecule has 2 aromatic heterocycles. The summed E-state index contributed by atoms with van der Waals surface area (Å²) in [7, 11) is 2.11. The summed E-state index contributed by atoms with van der Waals surface area (Å²) < 4.78 is 6.06. The predicted octanol–water partition coefficient (Wildman–Crippen LogP) is 6.19. The largest absolute Gasteiger partial charge is 0.456 e. The maximum atomic E-state index is 6.06. The van der Waals surface area contributed by atoms with Gasteiger partial charge in [-0.25, -0.2) is 4.98 Å². The zero-order chi connectivity index (χ0) is 19.4. The molecular weight excluding hydrogens is 358 g/mol. The monoisotopic (exact) mass is 377 g/mol. The fourth-order valence-corrected chi connectivity index (χ4v) is 4.26. The molecule has 0 atom stereocenters. The quantitative estimate of drug-likeness (QED) is 0.367. The molecule has 0 bridgehead atoms. The molecule has 29 heavy (non-hydrogen) atoms. The van der Waals surface area contributed by atoms with Gasteiger partial charge in [-0.3, -0.25) is 0 Å². The van der Waals surface area contributed by atoms with E-state index >= 15 is 0 Å². The highest BCUT2D eigenvalue weighted by molar-refractivity contribution is 6.12. The molecule has 140 valence electrons. The minimum Gasteiger partial charge on any atom is -0.456 e. The normalized spacial score (nSPS) is 13.4. The van der Waals surface area contributed by atoms with E-state index in [9.17, 15) is 0 Å². The van der Waals surface area contributed by atoms with Crippen LogP contribution in [0.2, 0.25) is 0 Å². The molecule has 3 heterocycles. The van der Waals surface area contributed by atoms with Crippen molar-refractivity contribution in [3.05, 3.63) is 85.1 Å². The number of fused-ring (bicyclic) bond motifs is 4. The number of nitrogens with zero attached hydrogens (tertiary/aromatic N) is 3. The first-order valence-electron chi connectivity index (χ1n) is 9.74. The lowest BCUT2D eigenvalue weighted by atomic mass is 10.0. The fraction of sp³-hybridized carbons (Fsp3) is 0.0800. The van der Waals surface area contributed by atoms with Gasteiger partial charge in [0.2, 0.25) is 0 Å². The van der Waals surface area contributed by atoms with Gasteiger partial charge in [-0.15, -0.1) is 0 Å². The summed E-state index contributed by atoms with van der Waals surface area (Å²) in [6, 6.07) is 27.1. The molecule has 0 unspecified atom stereocenters. The van der Waals surface area contributed by atoms with E-state index in [1.54, 1.807) is 0 Å². The molecule has 5 aromatic rings. The van der Waals surface area contributed by atoms with E-state index in [2.05, 4.69) is 65.4 Å². The molecule has 1 aliphatic rings. The van der Waals surface area contributed by atoms with Crippen LogP contribution in [0.1, 0.15) is 0 Å². The molecule has 0 N–H and O–H groups in total. The predicted molar refractivity (Wildman–Crippen MR) is 119 cm³/mol. The Morgan fingerprint density at radius 3 is 2.55 bits per heavy atom. The van der Waals surface area contributed by atoms with Gasteiger partial charge in [-0.1, -0.05) is 48.5 Å². The van der Waals surface area contributed by atoms with Crippen molar-refractivity contribution < 1.29 is 4.42 Å². The minimum atomic E-state index is 0.786. The van der Waals surface area contributed by atoms with E-state index in [1.165, 1.54) is 0 Å². The second-order valence-electron chi connectivity index (χ2n) is 7.45. The number of hydrogen-bond acceptors (Lipinski definition) is 4. The average Bonchev–Trinajstić information content (AvgIpc) is 3.32. The van der Waals surface area contributed by atoms with Crippen LogP contribution in [-0.2, 0) is 0 Å². The Bertz CT molecular complexity index is 1360. The van der Waals surface area contributed by atoms with Crippen molar-refractivity contribution >= 4 is 39.1 Å². The van der Waals surface area contributed by atoms with Crippen molar-refractivity contribution in [1.29, 1.82) is 0 Å². The van der Waals surface area contributed by atoms with Crippen molar-refractivity contribution in [2.75, 3.05) is 23.5 Å². The van der Waals surface area contributed by atoms with Gasteiger partial charge in [0, 0.05) is 35.3 Å². The van der Waals surface area contributed by atoms with Gasteiger partial charge in [0.25, 0.3) is 0 Å². The first-order valence-corrected chi connectivity index (χ1v) is 9.74. The molecule has 4 nitrogen and oxygen atoms in total. The summed E-state index contributed by atoms with van der Waals surface area (Å²) in [6.07, 6.45) is 1.98. The summed E-state index contributed by atoms with van der Waals surface area (Å²) in [5.74, 6) is 0.992. The maximum Gasteiger partial charge on any atom is 0.158 e. The second-order valence-corrected chi connectivity index (χ2v) is 7.45. The molecule has 6 rings (SSSR count). The van der Waals surface area contributed by atoms with Crippen LogP contribution >= 0.6 is 0 Å². The van der Waals surface area contributed by atoms with Gasteiger partial charge < -0.3 is 14.2 Å². The lowest BCUT2D eigenvalue weighted by Gasteiger charge is -2.18. The lowest BCUT2D eigenvalue weighted by molar-refractivity contribution is 0.669. The molecule has 4 heteroatoms. The first-order chi connectivity index (χ1) is 14.3. The van der Waals surface area contributed by atoms with Gasteiger partial charge in [-0.05, 0) is 35.9 Å². The van der Waals surface area contributed by atoms with E-state index in [-0.39, 0.29) is 0 Å². The van der Waals surface area contributed by atoms with Crippen molar-refractivity contribution in [3.8, 4) is 11.1 Å². The van der Waals surface area contributed by atoms with E-state index in [0.717, 1.165) is 56.9 Å². The highest BCUT2D eigenvalue weighted by atomic mass is 16.3. The molecular formula is C25H19N3O. The Balaban J connectivity index is 1.53. The SMILES string of the molecule is CN1CN(c2ccccc2)c2ncc(-c3cccc4oc5ccccc5c34)cc21. The van der Waals surface area contributed by atoms with Crippen LogP contribution in [-0.4, -0.2) is 18.7 Å². The molecule has 3 aromatic carbocycles. The van der Waals surface area contributed by atoms with Crippen LogP contribution in [0.3, 0.4) is 0 Å². The average molecular weight is 377 g/mol. The fourth-order valence-electron chi connectivity index (χ4n) is 4.26. The van der Waals surface area contributed by atoms with Crippen molar-refractivity contribution in [3.63, 3.8) is 0 Å². The number of pyridine rings is 1. The number of furan rings is 1. The zero-order valence-corrected chi connectivity index (χ0v) is 16.0. The lowest BCUT2D eigenvalue weighted by Crippen LogP contribution is -2.24. The smallest absolute Gasteiger partial charge is 0.158 e. The topological polar surface area (TPSA) is 32.5 Å². The van der Waals surface area contributed by atoms with Crippen molar-refractivity contribution in [2.24, 2.45) is 0 Å². The summed E-state index contributed by atoms with van der Waals surface area (Å²) in [5.41, 5.74) is 6.36. The van der Waals surface area contributed by atoms with Gasteiger partial charge in [0.15, 0.2) is 5.82 Å². The van der Waals surface area contributed by atoms with Crippen LogP contribution in [0.15, 0.2) is 89.5 Å². The van der Waals surface area contributed by atoms with Crippen LogP contribution in [0.4, 0.5) is 17.2 Å². The molecule has 0 aliphatic carbocycles. The van der Waals surface area contributed by atoms with Crippen molar-refractivity contribution in [1.82, 2.24) is 4.98 Å². The second kappa shape index (κ2) is 6.11. The number of anilines is 3. The number of rotatable bonds is 2. The van der Waals surface area contributed by atoms with Crippen molar-refractivity contribution in [2.45, 2.75) is 0 Å².